The lowest BCUT2D eigenvalue weighted by atomic mass is 10.2. The Kier molecular flexibility index (Phi) is 4.84. The second kappa shape index (κ2) is 7.59. The molecule has 0 bridgehead atoms. The maximum absolute atomic E-state index is 11.3. The summed E-state index contributed by atoms with van der Waals surface area (Å²) < 4.78 is 5.47. The van der Waals surface area contributed by atoms with Crippen LogP contribution >= 0.6 is 0 Å². The molecule has 0 spiro atoms. The number of benzene rings is 2. The van der Waals surface area contributed by atoms with E-state index in [1.807, 2.05) is 48.5 Å². The Morgan fingerprint density at radius 2 is 1.81 bits per heavy atom. The van der Waals surface area contributed by atoms with Gasteiger partial charge in [0.05, 0.1) is 18.7 Å². The first-order valence-electron chi connectivity index (χ1n) is 8.93. The van der Waals surface area contributed by atoms with Crippen LogP contribution in [-0.2, 0) is 9.53 Å². The van der Waals surface area contributed by atoms with Crippen molar-refractivity contribution in [3.63, 3.8) is 0 Å². The van der Waals surface area contributed by atoms with E-state index in [-0.39, 0.29) is 5.91 Å². The minimum absolute atomic E-state index is 0.108. The molecule has 3 aromatic rings. The van der Waals surface area contributed by atoms with E-state index in [4.69, 9.17) is 9.72 Å². The molecule has 0 saturated carbocycles. The maximum atomic E-state index is 11.3. The Labute approximate surface area is 157 Å². The number of fused-ring (bicyclic) bond motifs is 1. The number of carbonyl (C=O) groups excluding carboxylic acids is 1. The molecule has 2 heterocycles. The van der Waals surface area contributed by atoms with Crippen molar-refractivity contribution in [3.8, 4) is 0 Å². The minimum Gasteiger partial charge on any atom is -0.378 e. The molecule has 1 aliphatic heterocycles. The van der Waals surface area contributed by atoms with Crippen molar-refractivity contribution < 1.29 is 9.53 Å². The number of anilines is 4. The van der Waals surface area contributed by atoms with Crippen molar-refractivity contribution in [2.45, 2.75) is 6.92 Å². The lowest BCUT2D eigenvalue weighted by Crippen LogP contribution is -2.37. The average molecular weight is 363 g/mol. The van der Waals surface area contributed by atoms with Crippen LogP contribution in [0.25, 0.3) is 10.9 Å². The molecule has 2 aromatic carbocycles. The normalized spacial score (nSPS) is 14.2. The fraction of sp³-hybridized carbons (Fsp3) is 0.250. The molecule has 27 heavy (non-hydrogen) atoms. The van der Waals surface area contributed by atoms with E-state index >= 15 is 0 Å². The van der Waals surface area contributed by atoms with Crippen LogP contribution in [0.4, 0.5) is 23.1 Å². The van der Waals surface area contributed by atoms with Gasteiger partial charge in [-0.25, -0.2) is 4.98 Å². The summed E-state index contributed by atoms with van der Waals surface area (Å²) in [6.45, 7) is 4.48. The van der Waals surface area contributed by atoms with Crippen molar-refractivity contribution in [2.75, 3.05) is 41.8 Å². The van der Waals surface area contributed by atoms with E-state index in [0.717, 1.165) is 41.2 Å². The second-order valence-electron chi connectivity index (χ2n) is 6.37. The number of ether oxygens (including phenoxy) is 1. The SMILES string of the molecule is CC(=O)Nc1cccc(Nc2nc(N3CCOCC3)c3ccccc3n2)c1. The van der Waals surface area contributed by atoms with Crippen LogP contribution in [0.3, 0.4) is 0 Å². The van der Waals surface area contributed by atoms with E-state index in [0.29, 0.717) is 19.2 Å². The van der Waals surface area contributed by atoms with Crippen LogP contribution < -0.4 is 15.5 Å². The highest BCUT2D eigenvalue weighted by atomic mass is 16.5. The van der Waals surface area contributed by atoms with Crippen LogP contribution in [0.15, 0.2) is 48.5 Å². The van der Waals surface area contributed by atoms with E-state index in [1.54, 1.807) is 0 Å². The molecule has 1 saturated heterocycles. The lowest BCUT2D eigenvalue weighted by Gasteiger charge is -2.29. The third kappa shape index (κ3) is 3.98. The highest BCUT2D eigenvalue weighted by Gasteiger charge is 2.17. The van der Waals surface area contributed by atoms with Gasteiger partial charge in [0.25, 0.3) is 0 Å². The zero-order valence-corrected chi connectivity index (χ0v) is 15.1. The van der Waals surface area contributed by atoms with Crippen LogP contribution in [0.5, 0.6) is 0 Å². The fourth-order valence-electron chi connectivity index (χ4n) is 3.14. The summed E-state index contributed by atoms with van der Waals surface area (Å²) in [6.07, 6.45) is 0. The Bertz CT molecular complexity index is 969. The first-order chi connectivity index (χ1) is 13.2. The summed E-state index contributed by atoms with van der Waals surface area (Å²) in [5.41, 5.74) is 2.42. The number of para-hydroxylation sites is 1. The van der Waals surface area contributed by atoms with E-state index < -0.39 is 0 Å². The molecule has 7 nitrogen and oxygen atoms in total. The average Bonchev–Trinajstić information content (AvgIpc) is 2.68. The fourth-order valence-corrected chi connectivity index (χ4v) is 3.14. The van der Waals surface area contributed by atoms with Gasteiger partial charge in [0.1, 0.15) is 5.82 Å². The molecule has 0 radical (unpaired) electrons. The Morgan fingerprint density at radius 1 is 1.04 bits per heavy atom. The molecule has 4 rings (SSSR count). The number of aromatic nitrogens is 2. The van der Waals surface area contributed by atoms with Crippen LogP contribution in [0.2, 0.25) is 0 Å². The van der Waals surface area contributed by atoms with Crippen LogP contribution in [-0.4, -0.2) is 42.2 Å². The molecule has 1 fully saturated rings. The van der Waals surface area contributed by atoms with Gasteiger partial charge < -0.3 is 20.3 Å². The number of carbonyl (C=O) groups is 1. The van der Waals surface area contributed by atoms with Gasteiger partial charge in [0, 0.05) is 36.8 Å². The summed E-state index contributed by atoms with van der Waals surface area (Å²) >= 11 is 0. The number of nitrogens with one attached hydrogen (secondary N) is 2. The summed E-state index contributed by atoms with van der Waals surface area (Å²) in [5, 5.41) is 7.06. The molecule has 7 heteroatoms. The maximum Gasteiger partial charge on any atom is 0.229 e. The van der Waals surface area contributed by atoms with E-state index in [1.165, 1.54) is 6.92 Å². The van der Waals surface area contributed by atoms with Crippen molar-refractivity contribution in [1.82, 2.24) is 9.97 Å². The molecule has 1 amide bonds. The van der Waals surface area contributed by atoms with Gasteiger partial charge in [0.2, 0.25) is 11.9 Å². The third-order valence-corrected chi connectivity index (χ3v) is 4.33. The minimum atomic E-state index is -0.108. The van der Waals surface area contributed by atoms with E-state index in [2.05, 4.69) is 20.5 Å². The highest BCUT2D eigenvalue weighted by molar-refractivity contribution is 5.91. The van der Waals surface area contributed by atoms with Crippen molar-refractivity contribution >= 4 is 40.0 Å². The predicted molar refractivity (Wildman–Crippen MR) is 107 cm³/mol. The number of nitrogens with zero attached hydrogens (tertiary/aromatic N) is 3. The number of amides is 1. The molecule has 138 valence electrons. The van der Waals surface area contributed by atoms with E-state index in [9.17, 15) is 4.79 Å². The zero-order chi connectivity index (χ0) is 18.6. The monoisotopic (exact) mass is 363 g/mol. The predicted octanol–water partition coefficient (Wildman–Crippen LogP) is 3.17. The number of rotatable bonds is 4. The topological polar surface area (TPSA) is 79.4 Å². The molecule has 1 aromatic heterocycles. The van der Waals surface area contributed by atoms with Gasteiger partial charge in [-0.15, -0.1) is 0 Å². The first kappa shape index (κ1) is 17.2. The molecule has 2 N–H and O–H groups in total. The smallest absolute Gasteiger partial charge is 0.229 e. The van der Waals surface area contributed by atoms with Gasteiger partial charge in [-0.1, -0.05) is 18.2 Å². The molecular formula is C20H21N5O2. The van der Waals surface area contributed by atoms with Crippen molar-refractivity contribution in [1.29, 1.82) is 0 Å². The molecule has 0 aliphatic carbocycles. The number of hydrogen-bond acceptors (Lipinski definition) is 6. The zero-order valence-electron chi connectivity index (χ0n) is 15.1. The van der Waals surface area contributed by atoms with Gasteiger partial charge in [-0.3, -0.25) is 4.79 Å². The lowest BCUT2D eigenvalue weighted by molar-refractivity contribution is -0.114. The molecule has 1 aliphatic rings. The Morgan fingerprint density at radius 3 is 2.63 bits per heavy atom. The van der Waals surface area contributed by atoms with Gasteiger partial charge in [-0.05, 0) is 30.3 Å². The third-order valence-electron chi connectivity index (χ3n) is 4.33. The highest BCUT2D eigenvalue weighted by Crippen LogP contribution is 2.27. The molecule has 0 unspecified atom stereocenters. The molecular weight excluding hydrogens is 342 g/mol. The number of morpholine rings is 1. The standard InChI is InChI=1S/C20H21N5O2/c1-14(26)21-15-5-4-6-16(13-15)22-20-23-18-8-3-2-7-17(18)19(24-20)25-9-11-27-12-10-25/h2-8,13H,9-12H2,1H3,(H,21,26)(H,22,23,24). The van der Waals surface area contributed by atoms with Crippen LogP contribution in [0, 0.1) is 0 Å². The first-order valence-corrected chi connectivity index (χ1v) is 8.93. The Hall–Kier alpha value is -3.19. The van der Waals surface area contributed by atoms with Crippen molar-refractivity contribution in [3.05, 3.63) is 48.5 Å². The number of hydrogen-bond donors (Lipinski definition) is 2. The van der Waals surface area contributed by atoms with Gasteiger partial charge in [-0.2, -0.15) is 4.98 Å². The van der Waals surface area contributed by atoms with Crippen LogP contribution in [0.1, 0.15) is 6.92 Å². The van der Waals surface area contributed by atoms with Gasteiger partial charge >= 0.3 is 0 Å². The summed E-state index contributed by atoms with van der Waals surface area (Å²) in [7, 11) is 0. The van der Waals surface area contributed by atoms with Crippen molar-refractivity contribution in [2.24, 2.45) is 0 Å². The molecule has 0 atom stereocenters. The Balaban J connectivity index is 1.68. The largest absolute Gasteiger partial charge is 0.378 e. The second-order valence-corrected chi connectivity index (χ2v) is 6.37. The summed E-state index contributed by atoms with van der Waals surface area (Å²) in [6, 6.07) is 15.5. The quantitative estimate of drug-likeness (QED) is 0.741. The summed E-state index contributed by atoms with van der Waals surface area (Å²) in [5.74, 6) is 1.32. The van der Waals surface area contributed by atoms with Gasteiger partial charge in [0.15, 0.2) is 0 Å². The summed E-state index contributed by atoms with van der Waals surface area (Å²) in [4.78, 5) is 22.9.